The van der Waals surface area contributed by atoms with Gasteiger partial charge in [0.15, 0.2) is 11.5 Å². The van der Waals surface area contributed by atoms with Crippen molar-refractivity contribution in [3.8, 4) is 11.5 Å². The molecule has 30 heavy (non-hydrogen) atoms. The third kappa shape index (κ3) is 4.58. The number of fused-ring (bicyclic) bond motifs is 2. The maximum absolute atomic E-state index is 5.49. The molecule has 6 heteroatoms. The molecule has 1 saturated heterocycles. The molecule has 0 unspecified atom stereocenters. The molecular formula is C24H26ClN3O2. The maximum Gasteiger partial charge on any atom is 0.231 e. The van der Waals surface area contributed by atoms with Crippen LogP contribution in [0.4, 0.5) is 0 Å². The number of benzene rings is 2. The fourth-order valence-corrected chi connectivity index (χ4v) is 4.01. The minimum atomic E-state index is 0. The fraction of sp³-hybridized carbons (Fsp3) is 0.333. The van der Waals surface area contributed by atoms with Crippen LogP contribution < -0.4 is 9.47 Å². The Kier molecular flexibility index (Phi) is 6.50. The van der Waals surface area contributed by atoms with Crippen molar-refractivity contribution in [1.82, 2.24) is 14.9 Å². The molecule has 2 aliphatic rings. The van der Waals surface area contributed by atoms with Gasteiger partial charge >= 0.3 is 0 Å². The van der Waals surface area contributed by atoms with Crippen LogP contribution in [0.3, 0.4) is 0 Å². The van der Waals surface area contributed by atoms with Gasteiger partial charge in [0.25, 0.3) is 0 Å². The quantitative estimate of drug-likeness (QED) is 0.579. The van der Waals surface area contributed by atoms with E-state index in [0.717, 1.165) is 52.4 Å². The molecule has 156 valence electrons. The molecule has 1 aromatic heterocycles. The van der Waals surface area contributed by atoms with Gasteiger partial charge in [-0.3, -0.25) is 0 Å². The Bertz CT molecular complexity index is 1050. The summed E-state index contributed by atoms with van der Waals surface area (Å²) in [5.41, 5.74) is 4.96. The number of nitrogens with zero attached hydrogens (tertiary/aromatic N) is 3. The van der Waals surface area contributed by atoms with Gasteiger partial charge in [-0.25, -0.2) is 9.97 Å². The van der Waals surface area contributed by atoms with E-state index in [1.807, 2.05) is 42.5 Å². The van der Waals surface area contributed by atoms with Gasteiger partial charge in [-0.15, -0.1) is 12.4 Å². The van der Waals surface area contributed by atoms with Crippen molar-refractivity contribution < 1.29 is 9.47 Å². The molecule has 0 saturated carbocycles. The Morgan fingerprint density at radius 2 is 1.63 bits per heavy atom. The summed E-state index contributed by atoms with van der Waals surface area (Å²) in [5, 5.41) is 0. The number of hydrogen-bond acceptors (Lipinski definition) is 5. The van der Waals surface area contributed by atoms with Crippen molar-refractivity contribution in [2.45, 2.75) is 25.7 Å². The third-order valence-corrected chi connectivity index (χ3v) is 5.62. The van der Waals surface area contributed by atoms with Gasteiger partial charge in [0.1, 0.15) is 0 Å². The summed E-state index contributed by atoms with van der Waals surface area (Å²) in [6.07, 6.45) is 9.03. The monoisotopic (exact) mass is 423 g/mol. The largest absolute Gasteiger partial charge is 0.454 e. The van der Waals surface area contributed by atoms with Gasteiger partial charge in [-0.1, -0.05) is 30.7 Å². The number of aromatic nitrogens is 2. The van der Waals surface area contributed by atoms with Crippen LogP contribution in [0.1, 0.15) is 36.2 Å². The van der Waals surface area contributed by atoms with Crippen molar-refractivity contribution in [1.29, 1.82) is 0 Å². The van der Waals surface area contributed by atoms with Crippen molar-refractivity contribution in [2.75, 3.05) is 26.4 Å². The fourth-order valence-electron chi connectivity index (χ4n) is 4.01. The number of halogens is 1. The summed E-state index contributed by atoms with van der Waals surface area (Å²) in [4.78, 5) is 12.4. The van der Waals surface area contributed by atoms with Crippen molar-refractivity contribution in [3.63, 3.8) is 0 Å². The predicted octanol–water partition coefficient (Wildman–Crippen LogP) is 4.98. The molecule has 2 aliphatic heterocycles. The second-order valence-corrected chi connectivity index (χ2v) is 7.64. The lowest BCUT2D eigenvalue weighted by molar-refractivity contribution is 0.174. The van der Waals surface area contributed by atoms with E-state index < -0.39 is 0 Å². The summed E-state index contributed by atoms with van der Waals surface area (Å²) in [6.45, 7) is 3.73. The number of rotatable bonds is 5. The van der Waals surface area contributed by atoms with Crippen LogP contribution in [0.2, 0.25) is 0 Å². The second-order valence-electron chi connectivity index (χ2n) is 7.64. The average molecular weight is 424 g/mol. The lowest BCUT2D eigenvalue weighted by Gasteiger charge is -2.26. The minimum Gasteiger partial charge on any atom is -0.454 e. The van der Waals surface area contributed by atoms with E-state index in [9.17, 15) is 0 Å². The first-order valence-electron chi connectivity index (χ1n) is 10.4. The molecule has 5 rings (SSSR count). The van der Waals surface area contributed by atoms with Gasteiger partial charge in [-0.2, -0.15) is 0 Å². The summed E-state index contributed by atoms with van der Waals surface area (Å²) in [5.74, 6) is 1.59. The topological polar surface area (TPSA) is 47.5 Å². The molecule has 0 bridgehead atoms. The third-order valence-electron chi connectivity index (χ3n) is 5.62. The van der Waals surface area contributed by atoms with E-state index in [2.05, 4.69) is 17.1 Å². The number of ether oxygens (including phenoxy) is 2. The highest BCUT2D eigenvalue weighted by Gasteiger charge is 2.14. The standard InChI is InChI=1S/C24H25N3O2.ClH/c1-4-13-27(14-5-1)15-12-22-21(25-19-6-2-3-7-20(19)26-22)10-8-18-9-11-23-24(16-18)29-17-28-23;/h2-3,6-11,16H,1,4-5,12-15,17H2;1H/b10-8+;. The second kappa shape index (κ2) is 9.45. The van der Waals surface area contributed by atoms with Crippen molar-refractivity contribution in [3.05, 3.63) is 59.4 Å². The molecule has 0 atom stereocenters. The molecule has 5 nitrogen and oxygen atoms in total. The zero-order valence-electron chi connectivity index (χ0n) is 16.9. The van der Waals surface area contributed by atoms with Gasteiger partial charge in [0.05, 0.1) is 22.4 Å². The smallest absolute Gasteiger partial charge is 0.231 e. The van der Waals surface area contributed by atoms with Gasteiger partial charge in [0, 0.05) is 13.0 Å². The highest BCUT2D eigenvalue weighted by atomic mass is 35.5. The molecule has 2 aromatic carbocycles. The molecule has 3 heterocycles. The van der Waals surface area contributed by atoms with Crippen LogP contribution >= 0.6 is 12.4 Å². The Hall–Kier alpha value is -2.63. The Labute approximate surface area is 183 Å². The van der Waals surface area contributed by atoms with Crippen molar-refractivity contribution in [2.24, 2.45) is 0 Å². The van der Waals surface area contributed by atoms with Crippen LogP contribution in [-0.4, -0.2) is 41.3 Å². The normalized spacial score (nSPS) is 16.1. The first-order valence-corrected chi connectivity index (χ1v) is 10.4. The number of para-hydroxylation sites is 2. The van der Waals surface area contributed by atoms with E-state index in [1.54, 1.807) is 0 Å². The van der Waals surface area contributed by atoms with E-state index in [4.69, 9.17) is 19.4 Å². The first kappa shape index (κ1) is 20.6. The van der Waals surface area contributed by atoms with Crippen LogP contribution in [0, 0.1) is 0 Å². The zero-order chi connectivity index (χ0) is 19.5. The number of piperidine rings is 1. The molecular weight excluding hydrogens is 398 g/mol. The minimum absolute atomic E-state index is 0. The van der Waals surface area contributed by atoms with Crippen LogP contribution in [0.25, 0.3) is 23.2 Å². The first-order chi connectivity index (χ1) is 14.3. The lowest BCUT2D eigenvalue weighted by Crippen LogP contribution is -2.31. The van der Waals surface area contributed by atoms with E-state index in [-0.39, 0.29) is 12.4 Å². The average Bonchev–Trinajstić information content (AvgIpc) is 3.24. The molecule has 0 aliphatic carbocycles. The highest BCUT2D eigenvalue weighted by Crippen LogP contribution is 2.33. The molecule has 0 amide bonds. The van der Waals surface area contributed by atoms with Crippen LogP contribution in [-0.2, 0) is 6.42 Å². The van der Waals surface area contributed by atoms with Gasteiger partial charge in [-0.05, 0) is 61.8 Å². The maximum atomic E-state index is 5.49. The summed E-state index contributed by atoms with van der Waals surface area (Å²) in [6, 6.07) is 14.1. The van der Waals surface area contributed by atoms with E-state index in [1.165, 1.54) is 32.4 Å². The lowest BCUT2D eigenvalue weighted by atomic mass is 10.1. The SMILES string of the molecule is C(=C\c1nc2ccccc2nc1CCN1CCCCC1)/c1ccc2c(c1)OCO2.Cl. The highest BCUT2D eigenvalue weighted by molar-refractivity contribution is 5.85. The van der Waals surface area contributed by atoms with Crippen LogP contribution in [0.15, 0.2) is 42.5 Å². The zero-order valence-corrected chi connectivity index (χ0v) is 17.7. The number of hydrogen-bond donors (Lipinski definition) is 0. The van der Waals surface area contributed by atoms with Gasteiger partial charge in [0.2, 0.25) is 6.79 Å². The Morgan fingerprint density at radius 1 is 0.867 bits per heavy atom. The molecule has 3 aromatic rings. The molecule has 0 radical (unpaired) electrons. The van der Waals surface area contributed by atoms with Gasteiger partial charge < -0.3 is 14.4 Å². The predicted molar refractivity (Wildman–Crippen MR) is 122 cm³/mol. The Balaban J connectivity index is 0.00000218. The Morgan fingerprint density at radius 3 is 2.47 bits per heavy atom. The molecule has 0 spiro atoms. The van der Waals surface area contributed by atoms with E-state index >= 15 is 0 Å². The number of likely N-dealkylation sites (tertiary alicyclic amines) is 1. The summed E-state index contributed by atoms with van der Waals surface area (Å²) >= 11 is 0. The van der Waals surface area contributed by atoms with E-state index in [0.29, 0.717) is 6.79 Å². The molecule has 1 fully saturated rings. The van der Waals surface area contributed by atoms with Crippen LogP contribution in [0.5, 0.6) is 11.5 Å². The summed E-state index contributed by atoms with van der Waals surface area (Å²) < 4.78 is 10.9. The summed E-state index contributed by atoms with van der Waals surface area (Å²) in [7, 11) is 0. The molecule has 0 N–H and O–H groups in total. The van der Waals surface area contributed by atoms with Crippen molar-refractivity contribution >= 4 is 35.6 Å².